The summed E-state index contributed by atoms with van der Waals surface area (Å²) in [4.78, 5) is 0. The van der Waals surface area contributed by atoms with Gasteiger partial charge in [0.2, 0.25) is 0 Å². The van der Waals surface area contributed by atoms with E-state index in [-0.39, 0.29) is 0 Å². The highest BCUT2D eigenvalue weighted by atomic mass is 79.9. The molecule has 0 radical (unpaired) electrons. The molecule has 44 valence electrons. The second kappa shape index (κ2) is 2.87. The Morgan fingerprint density at radius 3 is 3.12 bits per heavy atom. The lowest BCUT2D eigenvalue weighted by atomic mass is 10.4. The Morgan fingerprint density at radius 1 is 1.75 bits per heavy atom. The lowest BCUT2D eigenvalue weighted by molar-refractivity contribution is 0.412. The Morgan fingerprint density at radius 2 is 2.62 bits per heavy atom. The Hall–Kier alpha value is -0.310. The molecule has 0 N–H and O–H groups in total. The van der Waals surface area contributed by atoms with Crippen LogP contribution >= 0.6 is 15.9 Å². The van der Waals surface area contributed by atoms with E-state index in [9.17, 15) is 0 Å². The fraction of sp³-hybridized carbons (Fsp3) is 0.400. The van der Waals surface area contributed by atoms with Gasteiger partial charge >= 0.3 is 0 Å². The maximum atomic E-state index is 4.60. The highest BCUT2D eigenvalue weighted by molar-refractivity contribution is 9.09. The summed E-state index contributed by atoms with van der Waals surface area (Å²) in [6.45, 7) is 0. The molecule has 0 spiro atoms. The summed E-state index contributed by atoms with van der Waals surface area (Å²) in [7, 11) is 0. The van der Waals surface area contributed by atoms with Gasteiger partial charge in [-0.3, -0.25) is 0 Å². The maximum absolute atomic E-state index is 4.60. The van der Waals surface area contributed by atoms with Crippen molar-refractivity contribution in [1.82, 2.24) is 5.16 Å². The standard InChI is InChI=1S/C5H6BrNO/c6-3-1-5-2-4-8-7-5/h2,4H,1,3H2. The van der Waals surface area contributed by atoms with Crippen molar-refractivity contribution < 1.29 is 4.52 Å². The molecular formula is C5H6BrNO. The van der Waals surface area contributed by atoms with Gasteiger partial charge in [-0.05, 0) is 0 Å². The number of aromatic nitrogens is 1. The zero-order valence-electron chi connectivity index (χ0n) is 4.30. The van der Waals surface area contributed by atoms with E-state index >= 15 is 0 Å². The molecule has 0 amide bonds. The smallest absolute Gasteiger partial charge is 0.124 e. The summed E-state index contributed by atoms with van der Waals surface area (Å²) in [6, 6.07) is 1.86. The predicted molar refractivity (Wildman–Crippen MR) is 34.0 cm³/mol. The Kier molecular flexibility index (Phi) is 2.09. The largest absolute Gasteiger partial charge is 0.365 e. The minimum Gasteiger partial charge on any atom is -0.365 e. The van der Waals surface area contributed by atoms with Crippen LogP contribution in [0.25, 0.3) is 0 Å². The summed E-state index contributed by atoms with van der Waals surface area (Å²) in [5.41, 5.74) is 1.00. The van der Waals surface area contributed by atoms with Gasteiger partial charge in [-0.15, -0.1) is 0 Å². The zero-order valence-corrected chi connectivity index (χ0v) is 5.89. The molecule has 0 fully saturated rings. The average molecular weight is 176 g/mol. The second-order valence-corrected chi connectivity index (χ2v) is 2.22. The number of alkyl halides is 1. The molecule has 0 aliphatic carbocycles. The van der Waals surface area contributed by atoms with Gasteiger partial charge in [0.15, 0.2) is 0 Å². The van der Waals surface area contributed by atoms with Gasteiger partial charge in [-0.25, -0.2) is 0 Å². The van der Waals surface area contributed by atoms with Crippen molar-refractivity contribution >= 4 is 15.9 Å². The molecule has 0 saturated carbocycles. The molecular weight excluding hydrogens is 170 g/mol. The molecule has 1 rings (SSSR count). The monoisotopic (exact) mass is 175 g/mol. The van der Waals surface area contributed by atoms with E-state index in [1.54, 1.807) is 6.26 Å². The van der Waals surface area contributed by atoms with Crippen LogP contribution in [-0.4, -0.2) is 10.5 Å². The molecule has 0 unspecified atom stereocenters. The third kappa shape index (κ3) is 1.33. The van der Waals surface area contributed by atoms with Crippen molar-refractivity contribution in [2.45, 2.75) is 6.42 Å². The predicted octanol–water partition coefficient (Wildman–Crippen LogP) is 1.61. The summed E-state index contributed by atoms with van der Waals surface area (Å²) >= 11 is 3.29. The van der Waals surface area contributed by atoms with Crippen LogP contribution in [0.3, 0.4) is 0 Å². The second-order valence-electron chi connectivity index (χ2n) is 1.43. The van der Waals surface area contributed by atoms with Crippen LogP contribution < -0.4 is 0 Å². The van der Waals surface area contributed by atoms with Crippen molar-refractivity contribution in [3.63, 3.8) is 0 Å². The van der Waals surface area contributed by atoms with Crippen LogP contribution in [0.5, 0.6) is 0 Å². The van der Waals surface area contributed by atoms with Gasteiger partial charge < -0.3 is 4.52 Å². The first-order chi connectivity index (χ1) is 3.93. The quantitative estimate of drug-likeness (QED) is 0.639. The Bertz CT molecular complexity index is 138. The summed E-state index contributed by atoms with van der Waals surface area (Å²) in [5.74, 6) is 0. The first-order valence-electron chi connectivity index (χ1n) is 2.38. The number of rotatable bonds is 2. The summed E-state index contributed by atoms with van der Waals surface area (Å²) < 4.78 is 4.60. The van der Waals surface area contributed by atoms with Gasteiger partial charge in [-0.1, -0.05) is 21.1 Å². The highest BCUT2D eigenvalue weighted by Crippen LogP contribution is 1.96. The molecule has 0 aliphatic rings. The molecule has 2 nitrogen and oxygen atoms in total. The van der Waals surface area contributed by atoms with Gasteiger partial charge in [0.05, 0.1) is 5.69 Å². The van der Waals surface area contributed by atoms with Gasteiger partial charge in [0.25, 0.3) is 0 Å². The fourth-order valence-corrected chi connectivity index (χ4v) is 0.870. The minimum atomic E-state index is 0.941. The van der Waals surface area contributed by atoms with E-state index in [0.717, 1.165) is 17.4 Å². The minimum absolute atomic E-state index is 0.941. The summed E-state index contributed by atoms with van der Waals surface area (Å²) in [5, 5.41) is 4.64. The third-order valence-electron chi connectivity index (χ3n) is 0.842. The van der Waals surface area contributed by atoms with Crippen LogP contribution in [0.2, 0.25) is 0 Å². The van der Waals surface area contributed by atoms with E-state index in [2.05, 4.69) is 25.6 Å². The number of hydrogen-bond donors (Lipinski definition) is 0. The fourth-order valence-electron chi connectivity index (χ4n) is 0.463. The van der Waals surface area contributed by atoms with E-state index < -0.39 is 0 Å². The first kappa shape index (κ1) is 5.82. The molecule has 1 heterocycles. The molecule has 3 heteroatoms. The van der Waals surface area contributed by atoms with Gasteiger partial charge in [-0.2, -0.15) is 0 Å². The lowest BCUT2D eigenvalue weighted by Crippen LogP contribution is -1.82. The van der Waals surface area contributed by atoms with Gasteiger partial charge in [0, 0.05) is 17.8 Å². The zero-order chi connectivity index (χ0) is 5.82. The van der Waals surface area contributed by atoms with E-state index in [0.29, 0.717) is 0 Å². The molecule has 0 saturated heterocycles. The van der Waals surface area contributed by atoms with Crippen molar-refractivity contribution in [2.24, 2.45) is 0 Å². The highest BCUT2D eigenvalue weighted by Gasteiger charge is 1.91. The van der Waals surface area contributed by atoms with Crippen LogP contribution in [-0.2, 0) is 6.42 Å². The average Bonchev–Trinajstić information content (AvgIpc) is 2.19. The van der Waals surface area contributed by atoms with Crippen LogP contribution in [0.15, 0.2) is 16.9 Å². The molecule has 0 atom stereocenters. The van der Waals surface area contributed by atoms with Crippen LogP contribution in [0, 0.1) is 0 Å². The van der Waals surface area contributed by atoms with Crippen molar-refractivity contribution in [3.8, 4) is 0 Å². The molecule has 1 aromatic rings. The third-order valence-corrected chi connectivity index (χ3v) is 1.24. The number of halogens is 1. The van der Waals surface area contributed by atoms with Gasteiger partial charge in [0.1, 0.15) is 6.26 Å². The van der Waals surface area contributed by atoms with Crippen molar-refractivity contribution in [1.29, 1.82) is 0 Å². The Balaban J connectivity index is 2.50. The number of nitrogens with zero attached hydrogens (tertiary/aromatic N) is 1. The topological polar surface area (TPSA) is 26.0 Å². The molecule has 0 aliphatic heterocycles. The molecule has 0 aromatic carbocycles. The van der Waals surface area contributed by atoms with E-state index in [1.807, 2.05) is 6.07 Å². The normalized spacial score (nSPS) is 9.62. The SMILES string of the molecule is BrCCc1ccon1. The molecule has 0 bridgehead atoms. The molecule has 8 heavy (non-hydrogen) atoms. The van der Waals surface area contributed by atoms with E-state index in [1.165, 1.54) is 0 Å². The number of aryl methyl sites for hydroxylation is 1. The van der Waals surface area contributed by atoms with Crippen LogP contribution in [0.4, 0.5) is 0 Å². The van der Waals surface area contributed by atoms with Crippen molar-refractivity contribution in [2.75, 3.05) is 5.33 Å². The number of hydrogen-bond acceptors (Lipinski definition) is 2. The Labute approximate surface area is 56.0 Å². The van der Waals surface area contributed by atoms with Crippen LogP contribution in [0.1, 0.15) is 5.69 Å². The lowest BCUT2D eigenvalue weighted by Gasteiger charge is -1.81. The first-order valence-corrected chi connectivity index (χ1v) is 3.51. The van der Waals surface area contributed by atoms with E-state index in [4.69, 9.17) is 0 Å². The van der Waals surface area contributed by atoms with Crippen molar-refractivity contribution in [3.05, 3.63) is 18.0 Å². The summed E-state index contributed by atoms with van der Waals surface area (Å²) in [6.07, 6.45) is 2.52. The maximum Gasteiger partial charge on any atom is 0.124 e. The molecule has 1 aromatic heterocycles.